The summed E-state index contributed by atoms with van der Waals surface area (Å²) in [6, 6.07) is 9.21. The van der Waals surface area contributed by atoms with E-state index in [0.29, 0.717) is 11.3 Å². The van der Waals surface area contributed by atoms with Crippen LogP contribution in [0.1, 0.15) is 11.1 Å². The third-order valence-corrected chi connectivity index (χ3v) is 2.51. The van der Waals surface area contributed by atoms with E-state index >= 15 is 0 Å². The first-order valence-electron chi connectivity index (χ1n) is 5.12. The van der Waals surface area contributed by atoms with E-state index in [4.69, 9.17) is 4.84 Å². The van der Waals surface area contributed by atoms with E-state index in [0.717, 1.165) is 11.3 Å². The number of aromatic nitrogens is 2. The Labute approximate surface area is 96.7 Å². The predicted octanol–water partition coefficient (Wildman–Crippen LogP) is 1.16. The lowest BCUT2D eigenvalue weighted by Crippen LogP contribution is -2.25. The van der Waals surface area contributed by atoms with Gasteiger partial charge >= 0.3 is 0 Å². The van der Waals surface area contributed by atoms with E-state index in [1.165, 1.54) is 6.20 Å². The van der Waals surface area contributed by atoms with Crippen LogP contribution in [0.3, 0.4) is 0 Å². The maximum absolute atomic E-state index is 11.6. The topological polar surface area (TPSA) is 67.0 Å². The molecule has 2 heterocycles. The van der Waals surface area contributed by atoms with E-state index in [1.54, 1.807) is 6.07 Å². The van der Waals surface area contributed by atoms with Crippen LogP contribution in [-0.2, 0) is 0 Å². The van der Waals surface area contributed by atoms with E-state index in [-0.39, 0.29) is 5.56 Å². The number of hydrogen-bond donors (Lipinski definition) is 2. The Balaban J connectivity index is 2.11. The average molecular weight is 227 g/mol. The van der Waals surface area contributed by atoms with Gasteiger partial charge in [0.1, 0.15) is 0 Å². The van der Waals surface area contributed by atoms with Crippen LogP contribution >= 0.6 is 0 Å². The molecular formula is C12H9N3O2. The van der Waals surface area contributed by atoms with Gasteiger partial charge in [-0.15, -0.1) is 0 Å². The Bertz CT molecular complexity index is 646. The molecule has 0 amide bonds. The fourth-order valence-corrected chi connectivity index (χ4v) is 1.68. The molecule has 2 aromatic rings. The molecule has 1 aliphatic heterocycles. The van der Waals surface area contributed by atoms with Gasteiger partial charge in [0.2, 0.25) is 0 Å². The van der Waals surface area contributed by atoms with Gasteiger partial charge in [-0.1, -0.05) is 18.2 Å². The molecular weight excluding hydrogens is 218 g/mol. The maximum Gasteiger partial charge on any atom is 0.273 e. The van der Waals surface area contributed by atoms with Crippen molar-refractivity contribution in [2.75, 3.05) is 0 Å². The van der Waals surface area contributed by atoms with Crippen LogP contribution in [0.15, 0.2) is 41.3 Å². The molecule has 17 heavy (non-hydrogen) atoms. The molecule has 0 fully saturated rings. The third-order valence-electron chi connectivity index (χ3n) is 2.51. The number of nitrogens with zero attached hydrogens (tertiary/aromatic N) is 1. The number of aromatic amines is 1. The Hall–Kier alpha value is -2.56. The average Bonchev–Trinajstić information content (AvgIpc) is 2.39. The van der Waals surface area contributed by atoms with Crippen LogP contribution in [-0.4, -0.2) is 10.2 Å². The SMILES string of the molecule is O=c1[nH]nccc1C1=Cc2ccccc2ON1. The summed E-state index contributed by atoms with van der Waals surface area (Å²) in [5, 5.41) is 6.03. The van der Waals surface area contributed by atoms with Gasteiger partial charge in [0.25, 0.3) is 5.56 Å². The predicted molar refractivity (Wildman–Crippen MR) is 62.9 cm³/mol. The van der Waals surface area contributed by atoms with E-state index < -0.39 is 0 Å². The van der Waals surface area contributed by atoms with Gasteiger partial charge in [-0.3, -0.25) is 4.79 Å². The van der Waals surface area contributed by atoms with Gasteiger partial charge in [-0.2, -0.15) is 5.10 Å². The second-order valence-electron chi connectivity index (χ2n) is 3.60. The van der Waals surface area contributed by atoms with Crippen molar-refractivity contribution in [3.8, 4) is 5.75 Å². The van der Waals surface area contributed by atoms with Crippen molar-refractivity contribution >= 4 is 11.8 Å². The summed E-state index contributed by atoms with van der Waals surface area (Å²) >= 11 is 0. The smallest absolute Gasteiger partial charge is 0.273 e. The van der Waals surface area contributed by atoms with Crippen molar-refractivity contribution in [2.24, 2.45) is 0 Å². The molecule has 2 N–H and O–H groups in total. The highest BCUT2D eigenvalue weighted by molar-refractivity contribution is 5.82. The molecule has 84 valence electrons. The number of hydrogen-bond acceptors (Lipinski definition) is 4. The van der Waals surface area contributed by atoms with Gasteiger partial charge in [0, 0.05) is 11.8 Å². The maximum atomic E-state index is 11.6. The zero-order valence-corrected chi connectivity index (χ0v) is 8.81. The summed E-state index contributed by atoms with van der Waals surface area (Å²) in [7, 11) is 0. The minimum atomic E-state index is -0.255. The number of benzene rings is 1. The summed E-state index contributed by atoms with van der Waals surface area (Å²) in [5.74, 6) is 0.738. The molecule has 0 spiro atoms. The van der Waals surface area contributed by atoms with E-state index in [1.807, 2.05) is 30.3 Å². The molecule has 0 unspecified atom stereocenters. The summed E-state index contributed by atoms with van der Waals surface area (Å²) in [6.45, 7) is 0. The van der Waals surface area contributed by atoms with Gasteiger partial charge in [-0.25, -0.2) is 10.6 Å². The Morgan fingerprint density at radius 3 is 2.94 bits per heavy atom. The highest BCUT2D eigenvalue weighted by Gasteiger charge is 2.13. The van der Waals surface area contributed by atoms with Crippen LogP contribution in [0.5, 0.6) is 5.75 Å². The quantitative estimate of drug-likeness (QED) is 0.767. The largest absolute Gasteiger partial charge is 0.382 e. The minimum Gasteiger partial charge on any atom is -0.382 e. The Morgan fingerprint density at radius 1 is 1.18 bits per heavy atom. The number of H-pyrrole nitrogens is 1. The third kappa shape index (κ3) is 1.67. The Morgan fingerprint density at radius 2 is 2.06 bits per heavy atom. The molecule has 0 aliphatic carbocycles. The second kappa shape index (κ2) is 3.79. The second-order valence-corrected chi connectivity index (χ2v) is 3.60. The van der Waals surface area contributed by atoms with E-state index in [2.05, 4.69) is 15.7 Å². The molecule has 1 aliphatic rings. The molecule has 5 heteroatoms. The number of hydroxylamine groups is 1. The zero-order chi connectivity index (χ0) is 11.7. The molecule has 0 radical (unpaired) electrons. The van der Waals surface area contributed by atoms with Crippen LogP contribution in [0.25, 0.3) is 11.8 Å². The standard InChI is InChI=1S/C12H9N3O2/c16-12-9(5-6-13-14-12)10-7-8-3-1-2-4-11(8)17-15-10/h1-7,15H,(H,14,16). The zero-order valence-electron chi connectivity index (χ0n) is 8.81. The molecule has 0 atom stereocenters. The highest BCUT2D eigenvalue weighted by atomic mass is 16.6. The van der Waals surface area contributed by atoms with Gasteiger partial charge in [-0.05, 0) is 18.2 Å². The fraction of sp³-hybridized carbons (Fsp3) is 0. The van der Waals surface area contributed by atoms with Crippen molar-refractivity contribution in [3.05, 3.63) is 58.0 Å². The van der Waals surface area contributed by atoms with Crippen LogP contribution < -0.4 is 15.9 Å². The molecule has 1 aromatic carbocycles. The minimum absolute atomic E-state index is 0.255. The summed E-state index contributed by atoms with van der Waals surface area (Å²) in [4.78, 5) is 16.9. The Kier molecular flexibility index (Phi) is 2.15. The normalized spacial score (nSPS) is 13.1. The highest BCUT2D eigenvalue weighted by Crippen LogP contribution is 2.26. The van der Waals surface area contributed by atoms with Crippen molar-refractivity contribution in [2.45, 2.75) is 0 Å². The lowest BCUT2D eigenvalue weighted by Gasteiger charge is -2.18. The lowest BCUT2D eigenvalue weighted by atomic mass is 10.1. The lowest BCUT2D eigenvalue weighted by molar-refractivity contribution is 0.249. The number of nitrogens with one attached hydrogen (secondary N) is 2. The molecule has 0 saturated carbocycles. The monoisotopic (exact) mass is 227 g/mol. The molecule has 1 aromatic heterocycles. The van der Waals surface area contributed by atoms with Gasteiger partial charge in [0.15, 0.2) is 5.75 Å². The van der Waals surface area contributed by atoms with Crippen LogP contribution in [0.4, 0.5) is 0 Å². The molecule has 0 bridgehead atoms. The molecule has 3 rings (SSSR count). The first kappa shape index (κ1) is 9.65. The number of rotatable bonds is 1. The van der Waals surface area contributed by atoms with Crippen molar-refractivity contribution < 1.29 is 4.84 Å². The van der Waals surface area contributed by atoms with Crippen LogP contribution in [0.2, 0.25) is 0 Å². The van der Waals surface area contributed by atoms with Gasteiger partial charge in [0.05, 0.1) is 11.3 Å². The molecule has 0 saturated heterocycles. The van der Waals surface area contributed by atoms with Crippen LogP contribution in [0, 0.1) is 0 Å². The summed E-state index contributed by atoms with van der Waals surface area (Å²) in [5.41, 5.74) is 4.53. The first-order valence-corrected chi connectivity index (χ1v) is 5.12. The van der Waals surface area contributed by atoms with Gasteiger partial charge < -0.3 is 4.84 Å². The summed E-state index contributed by atoms with van der Waals surface area (Å²) in [6.07, 6.45) is 3.39. The van der Waals surface area contributed by atoms with Crippen molar-refractivity contribution in [1.82, 2.24) is 15.7 Å². The number of fused-ring (bicyclic) bond motifs is 1. The molecule has 5 nitrogen and oxygen atoms in total. The van der Waals surface area contributed by atoms with Crippen molar-refractivity contribution in [3.63, 3.8) is 0 Å². The van der Waals surface area contributed by atoms with Crippen molar-refractivity contribution in [1.29, 1.82) is 0 Å². The fourth-order valence-electron chi connectivity index (χ4n) is 1.68. The first-order chi connectivity index (χ1) is 8.34. The summed E-state index contributed by atoms with van der Waals surface area (Å²) < 4.78 is 0. The number of para-hydroxylation sites is 1. The van der Waals surface area contributed by atoms with E-state index in [9.17, 15) is 4.79 Å².